The minimum absolute atomic E-state index is 0.230. The minimum atomic E-state index is -0.230. The Morgan fingerprint density at radius 2 is 2.15 bits per heavy atom. The fourth-order valence-electron chi connectivity index (χ4n) is 2.18. The predicted molar refractivity (Wildman–Crippen MR) is 76.6 cm³/mol. The van der Waals surface area contributed by atoms with Gasteiger partial charge in [0.25, 0.3) is 0 Å². The molecule has 1 aromatic rings. The van der Waals surface area contributed by atoms with Gasteiger partial charge < -0.3 is 24.6 Å². The van der Waals surface area contributed by atoms with Crippen LogP contribution in [0.3, 0.4) is 0 Å². The Labute approximate surface area is 119 Å². The number of aliphatic hydroxyl groups is 1. The quantitative estimate of drug-likeness (QED) is 0.745. The van der Waals surface area contributed by atoms with Crippen molar-refractivity contribution in [3.05, 3.63) is 17.7 Å². The highest BCUT2D eigenvalue weighted by atomic mass is 16.6. The van der Waals surface area contributed by atoms with Gasteiger partial charge in [0.2, 0.25) is 5.75 Å². The average molecular weight is 281 g/mol. The Hall–Kier alpha value is -1.46. The van der Waals surface area contributed by atoms with Crippen LogP contribution in [0.4, 0.5) is 0 Å². The molecule has 0 aromatic heterocycles. The number of ether oxygens (including phenoxy) is 3. The summed E-state index contributed by atoms with van der Waals surface area (Å²) in [6.07, 6.45) is 1.54. The molecule has 1 heterocycles. The zero-order valence-corrected chi connectivity index (χ0v) is 12.1. The van der Waals surface area contributed by atoms with E-state index < -0.39 is 0 Å². The molecule has 2 N–H and O–H groups in total. The summed E-state index contributed by atoms with van der Waals surface area (Å²) in [4.78, 5) is 0. The summed E-state index contributed by atoms with van der Waals surface area (Å²) in [6.45, 7) is 4.56. The van der Waals surface area contributed by atoms with Crippen molar-refractivity contribution < 1.29 is 19.3 Å². The fraction of sp³-hybridized carbons (Fsp3) is 0.600. The minimum Gasteiger partial charge on any atom is -0.493 e. The molecule has 1 aliphatic rings. The van der Waals surface area contributed by atoms with Crippen LogP contribution in [0, 0.1) is 0 Å². The van der Waals surface area contributed by atoms with E-state index in [1.54, 1.807) is 7.11 Å². The van der Waals surface area contributed by atoms with Crippen molar-refractivity contribution in [2.24, 2.45) is 0 Å². The molecule has 1 unspecified atom stereocenters. The SMILES string of the molecule is COc1cc(CNCCCC(C)O)cc2c1OCCO2. The molecule has 5 heteroatoms. The number of methoxy groups -OCH3 is 1. The second-order valence-corrected chi connectivity index (χ2v) is 4.99. The number of nitrogens with one attached hydrogen (secondary N) is 1. The van der Waals surface area contributed by atoms with Gasteiger partial charge in [-0.3, -0.25) is 0 Å². The third-order valence-corrected chi connectivity index (χ3v) is 3.19. The normalized spacial score (nSPS) is 14.9. The molecule has 0 fully saturated rings. The molecule has 2 rings (SSSR count). The second-order valence-electron chi connectivity index (χ2n) is 4.99. The number of aliphatic hydroxyl groups excluding tert-OH is 1. The molecule has 1 aliphatic heterocycles. The lowest BCUT2D eigenvalue weighted by atomic mass is 10.1. The first-order valence-electron chi connectivity index (χ1n) is 7.06. The molecule has 0 saturated carbocycles. The molecule has 1 aromatic carbocycles. The molecule has 20 heavy (non-hydrogen) atoms. The van der Waals surface area contributed by atoms with Crippen molar-refractivity contribution in [2.45, 2.75) is 32.4 Å². The zero-order chi connectivity index (χ0) is 14.4. The number of rotatable bonds is 7. The van der Waals surface area contributed by atoms with E-state index >= 15 is 0 Å². The van der Waals surface area contributed by atoms with Crippen molar-refractivity contribution in [2.75, 3.05) is 26.9 Å². The lowest BCUT2D eigenvalue weighted by molar-refractivity contribution is 0.165. The summed E-state index contributed by atoms with van der Waals surface area (Å²) in [5, 5.41) is 12.5. The summed E-state index contributed by atoms with van der Waals surface area (Å²) in [7, 11) is 1.63. The Kier molecular flexibility index (Phi) is 5.49. The molecule has 0 aliphatic carbocycles. The summed E-state index contributed by atoms with van der Waals surface area (Å²) in [6, 6.07) is 3.95. The number of fused-ring (bicyclic) bond motifs is 1. The molecule has 112 valence electrons. The molecule has 0 bridgehead atoms. The van der Waals surface area contributed by atoms with E-state index in [0.717, 1.165) is 37.2 Å². The van der Waals surface area contributed by atoms with Gasteiger partial charge in [-0.05, 0) is 44.0 Å². The largest absolute Gasteiger partial charge is 0.493 e. The maximum atomic E-state index is 9.19. The van der Waals surface area contributed by atoms with Crippen LogP contribution in [-0.4, -0.2) is 38.1 Å². The van der Waals surface area contributed by atoms with Gasteiger partial charge in [0.1, 0.15) is 13.2 Å². The third kappa shape index (κ3) is 4.02. The Morgan fingerprint density at radius 1 is 1.35 bits per heavy atom. The highest BCUT2D eigenvalue weighted by Crippen LogP contribution is 2.40. The van der Waals surface area contributed by atoms with E-state index in [1.807, 2.05) is 19.1 Å². The standard InChI is InChI=1S/C15H23NO4/c1-11(17)4-3-5-16-10-12-8-13(18-2)15-14(9-12)19-6-7-20-15/h8-9,11,16-17H,3-7,10H2,1-2H3. The summed E-state index contributed by atoms with van der Waals surface area (Å²) < 4.78 is 16.5. The number of benzene rings is 1. The summed E-state index contributed by atoms with van der Waals surface area (Å²) in [5.74, 6) is 2.15. The van der Waals surface area contributed by atoms with E-state index in [-0.39, 0.29) is 6.10 Å². The van der Waals surface area contributed by atoms with Gasteiger partial charge >= 0.3 is 0 Å². The maximum Gasteiger partial charge on any atom is 0.203 e. The summed E-state index contributed by atoms with van der Waals surface area (Å²) >= 11 is 0. The van der Waals surface area contributed by atoms with Crippen LogP contribution in [0.5, 0.6) is 17.2 Å². The van der Waals surface area contributed by atoms with Gasteiger partial charge in [-0.15, -0.1) is 0 Å². The van der Waals surface area contributed by atoms with Crippen LogP contribution in [-0.2, 0) is 6.54 Å². The van der Waals surface area contributed by atoms with Crippen molar-refractivity contribution >= 4 is 0 Å². The molecule has 0 amide bonds. The third-order valence-electron chi connectivity index (χ3n) is 3.19. The van der Waals surface area contributed by atoms with Crippen LogP contribution in [0.25, 0.3) is 0 Å². The maximum absolute atomic E-state index is 9.19. The van der Waals surface area contributed by atoms with Gasteiger partial charge in [0.05, 0.1) is 13.2 Å². The fourth-order valence-corrected chi connectivity index (χ4v) is 2.18. The van der Waals surface area contributed by atoms with Crippen LogP contribution in [0.15, 0.2) is 12.1 Å². The first-order chi connectivity index (χ1) is 9.70. The smallest absolute Gasteiger partial charge is 0.203 e. The van der Waals surface area contributed by atoms with Crippen LogP contribution < -0.4 is 19.5 Å². The van der Waals surface area contributed by atoms with Crippen molar-refractivity contribution in [1.82, 2.24) is 5.32 Å². The van der Waals surface area contributed by atoms with Gasteiger partial charge in [-0.25, -0.2) is 0 Å². The monoisotopic (exact) mass is 281 g/mol. The molecular formula is C15H23NO4. The lowest BCUT2D eigenvalue weighted by Gasteiger charge is -2.21. The Bertz CT molecular complexity index is 417. The lowest BCUT2D eigenvalue weighted by Crippen LogP contribution is -2.18. The highest BCUT2D eigenvalue weighted by molar-refractivity contribution is 5.54. The molecule has 0 spiro atoms. The van der Waals surface area contributed by atoms with Crippen molar-refractivity contribution in [3.63, 3.8) is 0 Å². The highest BCUT2D eigenvalue weighted by Gasteiger charge is 2.18. The Balaban J connectivity index is 1.91. The van der Waals surface area contributed by atoms with Gasteiger partial charge in [-0.1, -0.05) is 0 Å². The molecule has 0 saturated heterocycles. The Morgan fingerprint density at radius 3 is 2.90 bits per heavy atom. The van der Waals surface area contributed by atoms with E-state index in [9.17, 15) is 5.11 Å². The van der Waals surface area contributed by atoms with Crippen molar-refractivity contribution in [3.8, 4) is 17.2 Å². The van der Waals surface area contributed by atoms with E-state index in [4.69, 9.17) is 14.2 Å². The number of hydrogen-bond donors (Lipinski definition) is 2. The van der Waals surface area contributed by atoms with Gasteiger partial charge in [-0.2, -0.15) is 0 Å². The first kappa shape index (κ1) is 14.9. The van der Waals surface area contributed by atoms with Crippen LogP contribution in [0.1, 0.15) is 25.3 Å². The second kappa shape index (κ2) is 7.36. The number of hydrogen-bond acceptors (Lipinski definition) is 5. The van der Waals surface area contributed by atoms with Gasteiger partial charge in [0, 0.05) is 6.54 Å². The first-order valence-corrected chi connectivity index (χ1v) is 7.06. The predicted octanol–water partition coefficient (Wildman–Crippen LogP) is 1.72. The van der Waals surface area contributed by atoms with Gasteiger partial charge in [0.15, 0.2) is 11.5 Å². The topological polar surface area (TPSA) is 60.0 Å². The van der Waals surface area contributed by atoms with Crippen LogP contribution >= 0.6 is 0 Å². The molecule has 5 nitrogen and oxygen atoms in total. The molecule has 0 radical (unpaired) electrons. The summed E-state index contributed by atoms with van der Waals surface area (Å²) in [5.41, 5.74) is 1.10. The zero-order valence-electron chi connectivity index (χ0n) is 12.1. The van der Waals surface area contributed by atoms with E-state index in [0.29, 0.717) is 24.7 Å². The van der Waals surface area contributed by atoms with E-state index in [1.165, 1.54) is 0 Å². The average Bonchev–Trinajstić information content (AvgIpc) is 2.45. The molecular weight excluding hydrogens is 258 g/mol. The van der Waals surface area contributed by atoms with Crippen LogP contribution in [0.2, 0.25) is 0 Å². The molecule has 1 atom stereocenters. The van der Waals surface area contributed by atoms with Crippen molar-refractivity contribution in [1.29, 1.82) is 0 Å². The van der Waals surface area contributed by atoms with E-state index in [2.05, 4.69) is 5.32 Å².